The van der Waals surface area contributed by atoms with Crippen LogP contribution < -0.4 is 0 Å². The van der Waals surface area contributed by atoms with E-state index in [1.54, 1.807) is 23.9 Å². The van der Waals surface area contributed by atoms with Crippen molar-refractivity contribution in [2.45, 2.75) is 48.8 Å². The van der Waals surface area contributed by atoms with E-state index in [9.17, 15) is 4.39 Å². The van der Waals surface area contributed by atoms with Crippen molar-refractivity contribution >= 4 is 11.8 Å². The van der Waals surface area contributed by atoms with Crippen LogP contribution in [-0.2, 0) is 5.41 Å². The van der Waals surface area contributed by atoms with E-state index in [1.165, 1.54) is 21.6 Å². The summed E-state index contributed by atoms with van der Waals surface area (Å²) in [6.07, 6.45) is 0. The normalized spacial score (nSPS) is 15.9. The van der Waals surface area contributed by atoms with Crippen LogP contribution in [0.15, 0.2) is 46.2 Å². The second kappa shape index (κ2) is 4.63. The standard InChI is InChI=1S/C18H19FS/c1-11(2)12-5-8-16-15(9-12)18(3,4)14-7-6-13(19)10-17(14)20-16/h5-11H,1-4H3. The summed E-state index contributed by atoms with van der Waals surface area (Å²) in [5.74, 6) is 0.366. The maximum Gasteiger partial charge on any atom is 0.124 e. The van der Waals surface area contributed by atoms with E-state index < -0.39 is 0 Å². The van der Waals surface area contributed by atoms with Gasteiger partial charge in [-0.1, -0.05) is 57.7 Å². The Labute approximate surface area is 124 Å². The van der Waals surface area contributed by atoms with Gasteiger partial charge in [-0.15, -0.1) is 0 Å². The molecule has 2 heteroatoms. The molecule has 1 heterocycles. The fourth-order valence-electron chi connectivity index (χ4n) is 2.84. The fraction of sp³-hybridized carbons (Fsp3) is 0.333. The lowest BCUT2D eigenvalue weighted by molar-refractivity contribution is 0.587. The summed E-state index contributed by atoms with van der Waals surface area (Å²) in [4.78, 5) is 2.29. The zero-order valence-electron chi connectivity index (χ0n) is 12.3. The van der Waals surface area contributed by atoms with Crippen molar-refractivity contribution in [2.24, 2.45) is 0 Å². The van der Waals surface area contributed by atoms with Crippen molar-refractivity contribution in [1.29, 1.82) is 0 Å². The Balaban J connectivity index is 2.19. The highest BCUT2D eigenvalue weighted by Crippen LogP contribution is 2.49. The highest BCUT2D eigenvalue weighted by Gasteiger charge is 2.33. The average molecular weight is 286 g/mol. The van der Waals surface area contributed by atoms with Crippen LogP contribution in [0.2, 0.25) is 0 Å². The second-order valence-electron chi connectivity index (χ2n) is 6.28. The molecule has 0 bridgehead atoms. The highest BCUT2D eigenvalue weighted by atomic mass is 32.2. The number of benzene rings is 2. The molecule has 0 unspecified atom stereocenters. The molecule has 0 aliphatic carbocycles. The van der Waals surface area contributed by atoms with Gasteiger partial charge in [0.15, 0.2) is 0 Å². The summed E-state index contributed by atoms with van der Waals surface area (Å²) in [7, 11) is 0. The first kappa shape index (κ1) is 13.7. The molecule has 0 spiro atoms. The van der Waals surface area contributed by atoms with Gasteiger partial charge in [-0.25, -0.2) is 4.39 Å². The molecular weight excluding hydrogens is 267 g/mol. The van der Waals surface area contributed by atoms with Crippen LogP contribution in [0.1, 0.15) is 50.3 Å². The van der Waals surface area contributed by atoms with Gasteiger partial charge in [-0.3, -0.25) is 0 Å². The van der Waals surface area contributed by atoms with Crippen LogP contribution >= 0.6 is 11.8 Å². The van der Waals surface area contributed by atoms with Crippen LogP contribution in [0.25, 0.3) is 0 Å². The molecule has 20 heavy (non-hydrogen) atoms. The van der Waals surface area contributed by atoms with Crippen LogP contribution in [-0.4, -0.2) is 0 Å². The Morgan fingerprint density at radius 2 is 1.70 bits per heavy atom. The summed E-state index contributed by atoms with van der Waals surface area (Å²) < 4.78 is 13.5. The number of hydrogen-bond acceptors (Lipinski definition) is 1. The van der Waals surface area contributed by atoms with Gasteiger partial charge in [-0.2, -0.15) is 0 Å². The average Bonchev–Trinajstić information content (AvgIpc) is 2.37. The van der Waals surface area contributed by atoms with Gasteiger partial charge in [0.05, 0.1) is 0 Å². The maximum atomic E-state index is 13.5. The van der Waals surface area contributed by atoms with Crippen molar-refractivity contribution in [2.75, 3.05) is 0 Å². The van der Waals surface area contributed by atoms with E-state index >= 15 is 0 Å². The van der Waals surface area contributed by atoms with E-state index in [0.29, 0.717) is 5.92 Å². The molecule has 0 saturated carbocycles. The summed E-state index contributed by atoms with van der Waals surface area (Å²) in [5.41, 5.74) is 3.86. The van der Waals surface area contributed by atoms with Crippen molar-refractivity contribution in [3.8, 4) is 0 Å². The third-order valence-electron chi connectivity index (χ3n) is 4.18. The quantitative estimate of drug-likeness (QED) is 0.644. The van der Waals surface area contributed by atoms with Gasteiger partial charge in [0.2, 0.25) is 0 Å². The first-order chi connectivity index (χ1) is 9.39. The zero-order valence-corrected chi connectivity index (χ0v) is 13.1. The van der Waals surface area contributed by atoms with Crippen LogP contribution in [0, 0.1) is 5.82 Å². The summed E-state index contributed by atoms with van der Waals surface area (Å²) in [6.45, 7) is 8.89. The molecule has 0 saturated heterocycles. The minimum absolute atomic E-state index is 0.0749. The topological polar surface area (TPSA) is 0 Å². The lowest BCUT2D eigenvalue weighted by Crippen LogP contribution is -2.24. The molecule has 0 N–H and O–H groups in total. The van der Waals surface area contributed by atoms with Gasteiger partial charge >= 0.3 is 0 Å². The number of halogens is 1. The molecule has 1 aliphatic heterocycles. The molecule has 104 valence electrons. The van der Waals surface area contributed by atoms with E-state index in [0.717, 1.165) is 4.90 Å². The van der Waals surface area contributed by atoms with Crippen molar-refractivity contribution in [3.05, 3.63) is 58.9 Å². The van der Waals surface area contributed by atoms with Gasteiger partial charge in [0.1, 0.15) is 5.82 Å². The van der Waals surface area contributed by atoms with Gasteiger partial charge in [0, 0.05) is 15.2 Å². The molecule has 0 fully saturated rings. The first-order valence-electron chi connectivity index (χ1n) is 7.02. The van der Waals surface area contributed by atoms with Crippen LogP contribution in [0.4, 0.5) is 4.39 Å². The van der Waals surface area contributed by atoms with E-state index in [-0.39, 0.29) is 11.2 Å². The van der Waals surface area contributed by atoms with E-state index in [2.05, 4.69) is 45.9 Å². The van der Waals surface area contributed by atoms with Gasteiger partial charge in [0.25, 0.3) is 0 Å². The predicted octanol–water partition coefficient (Wildman–Crippen LogP) is 5.74. The Hall–Kier alpha value is -1.28. The first-order valence-corrected chi connectivity index (χ1v) is 7.83. The molecule has 0 radical (unpaired) electrons. The number of fused-ring (bicyclic) bond motifs is 2. The van der Waals surface area contributed by atoms with Gasteiger partial charge in [-0.05, 0) is 40.8 Å². The second-order valence-corrected chi connectivity index (χ2v) is 7.36. The summed E-state index contributed by atoms with van der Waals surface area (Å²) in [5, 5.41) is 0. The van der Waals surface area contributed by atoms with Crippen molar-refractivity contribution in [3.63, 3.8) is 0 Å². The third kappa shape index (κ3) is 2.07. The van der Waals surface area contributed by atoms with E-state index in [4.69, 9.17) is 0 Å². The molecule has 0 nitrogen and oxygen atoms in total. The number of hydrogen-bond donors (Lipinski definition) is 0. The smallest absolute Gasteiger partial charge is 0.124 e. The predicted molar refractivity (Wildman–Crippen MR) is 83.2 cm³/mol. The van der Waals surface area contributed by atoms with Crippen LogP contribution in [0.5, 0.6) is 0 Å². The molecule has 0 atom stereocenters. The molecule has 1 aliphatic rings. The van der Waals surface area contributed by atoms with E-state index in [1.807, 2.05) is 6.07 Å². The minimum atomic E-state index is -0.158. The fourth-order valence-corrected chi connectivity index (χ4v) is 4.25. The zero-order chi connectivity index (χ0) is 14.5. The molecular formula is C18H19FS. The summed E-state index contributed by atoms with van der Waals surface area (Å²) in [6, 6.07) is 11.9. The SMILES string of the molecule is CC(C)c1ccc2c(c1)C(C)(C)c1ccc(F)cc1S2. The Bertz CT molecular complexity index is 671. The largest absolute Gasteiger partial charge is 0.207 e. The molecule has 0 amide bonds. The minimum Gasteiger partial charge on any atom is -0.207 e. The number of rotatable bonds is 1. The molecule has 3 rings (SSSR count). The Kier molecular flexibility index (Phi) is 3.17. The Morgan fingerprint density at radius 1 is 0.950 bits per heavy atom. The van der Waals surface area contributed by atoms with Crippen molar-refractivity contribution < 1.29 is 4.39 Å². The van der Waals surface area contributed by atoms with Crippen molar-refractivity contribution in [1.82, 2.24) is 0 Å². The monoisotopic (exact) mass is 286 g/mol. The van der Waals surface area contributed by atoms with Crippen LogP contribution in [0.3, 0.4) is 0 Å². The highest BCUT2D eigenvalue weighted by molar-refractivity contribution is 7.99. The lowest BCUT2D eigenvalue weighted by atomic mass is 9.76. The third-order valence-corrected chi connectivity index (χ3v) is 5.31. The Morgan fingerprint density at radius 3 is 2.40 bits per heavy atom. The lowest BCUT2D eigenvalue weighted by Gasteiger charge is -2.35. The maximum absolute atomic E-state index is 13.5. The summed E-state index contributed by atoms with van der Waals surface area (Å²) >= 11 is 1.68. The molecule has 2 aromatic carbocycles. The molecule has 0 aromatic heterocycles. The van der Waals surface area contributed by atoms with Gasteiger partial charge < -0.3 is 0 Å². The molecule has 2 aromatic rings.